The normalized spacial score (nSPS) is 14.4. The summed E-state index contributed by atoms with van der Waals surface area (Å²) >= 11 is 0. The van der Waals surface area contributed by atoms with Crippen molar-refractivity contribution in [1.29, 1.82) is 0 Å². The first-order valence-corrected chi connectivity index (χ1v) is 3.93. The van der Waals surface area contributed by atoms with Crippen molar-refractivity contribution in [2.45, 2.75) is 12.5 Å². The van der Waals surface area contributed by atoms with Gasteiger partial charge in [-0.25, -0.2) is 4.79 Å². The zero-order valence-electron chi connectivity index (χ0n) is 7.60. The fourth-order valence-corrected chi connectivity index (χ4v) is 0.894. The summed E-state index contributed by atoms with van der Waals surface area (Å²) in [6, 6.07) is 3.02. The summed E-state index contributed by atoms with van der Waals surface area (Å²) in [7, 11) is 0. The Morgan fingerprint density at radius 3 is 2.64 bits per heavy atom. The summed E-state index contributed by atoms with van der Waals surface area (Å²) in [5.41, 5.74) is 3.65. The Balaban J connectivity index is 3.03. The average molecular weight is 194 g/mol. The molecular weight excluding hydrogens is 184 g/mol. The Labute approximate surface area is 80.6 Å². The van der Waals surface area contributed by atoms with Gasteiger partial charge in [0.15, 0.2) is 11.3 Å². The lowest BCUT2D eigenvalue weighted by Gasteiger charge is -2.16. The minimum absolute atomic E-state index is 0.194. The van der Waals surface area contributed by atoms with Crippen molar-refractivity contribution >= 4 is 11.8 Å². The number of carboxylic acid groups (broad SMARTS) is 1. The van der Waals surface area contributed by atoms with E-state index in [-0.39, 0.29) is 5.56 Å². The molecule has 0 aliphatic carbocycles. The van der Waals surface area contributed by atoms with Crippen LogP contribution in [0.3, 0.4) is 0 Å². The van der Waals surface area contributed by atoms with E-state index in [0.29, 0.717) is 0 Å². The van der Waals surface area contributed by atoms with Crippen molar-refractivity contribution in [2.24, 2.45) is 5.73 Å². The predicted octanol–water partition coefficient (Wildman–Crippen LogP) is 0.0663. The Kier molecular flexibility index (Phi) is 2.62. The lowest BCUT2D eigenvalue weighted by molar-refractivity contribution is -0.140. The smallest absolute Gasteiger partial charge is 0.331 e. The molecule has 74 valence electrons. The van der Waals surface area contributed by atoms with Crippen LogP contribution in [0.15, 0.2) is 24.5 Å². The van der Waals surface area contributed by atoms with Gasteiger partial charge in [0, 0.05) is 18.0 Å². The maximum Gasteiger partial charge on any atom is 0.331 e. The first-order valence-electron chi connectivity index (χ1n) is 3.93. The van der Waals surface area contributed by atoms with Crippen molar-refractivity contribution in [1.82, 2.24) is 4.98 Å². The SMILES string of the molecule is C[C@](N)(C(=O)O)C(=O)c1cccnc1. The lowest BCUT2D eigenvalue weighted by Crippen LogP contribution is -2.52. The van der Waals surface area contributed by atoms with Gasteiger partial charge in [-0.1, -0.05) is 0 Å². The molecule has 5 nitrogen and oxygen atoms in total. The molecule has 0 aromatic carbocycles. The molecule has 1 aromatic rings. The number of hydrogen-bond acceptors (Lipinski definition) is 4. The standard InChI is InChI=1S/C9H10N2O3/c1-9(10,8(13)14)7(12)6-3-2-4-11-5-6/h2-5H,10H2,1H3,(H,13,14)/t9-/m1/s1. The van der Waals surface area contributed by atoms with E-state index in [2.05, 4.69) is 4.98 Å². The number of pyridine rings is 1. The zero-order chi connectivity index (χ0) is 10.8. The summed E-state index contributed by atoms with van der Waals surface area (Å²) < 4.78 is 0. The highest BCUT2D eigenvalue weighted by Gasteiger charge is 2.37. The molecule has 0 spiro atoms. The van der Waals surface area contributed by atoms with Crippen LogP contribution < -0.4 is 5.73 Å². The molecule has 5 heteroatoms. The van der Waals surface area contributed by atoms with Crippen LogP contribution in [0.5, 0.6) is 0 Å². The summed E-state index contributed by atoms with van der Waals surface area (Å²) in [4.78, 5) is 25.9. The first kappa shape index (κ1) is 10.3. The number of nitrogens with two attached hydrogens (primary N) is 1. The second-order valence-corrected chi connectivity index (χ2v) is 3.08. The predicted molar refractivity (Wildman–Crippen MR) is 48.8 cm³/mol. The molecular formula is C9H10N2O3. The molecule has 1 aromatic heterocycles. The van der Waals surface area contributed by atoms with Gasteiger partial charge in [-0.15, -0.1) is 0 Å². The van der Waals surface area contributed by atoms with Gasteiger partial charge in [-0.2, -0.15) is 0 Å². The third-order valence-corrected chi connectivity index (χ3v) is 1.84. The first-order chi connectivity index (χ1) is 6.46. The molecule has 0 unspecified atom stereocenters. The van der Waals surface area contributed by atoms with Crippen LogP contribution in [-0.4, -0.2) is 27.4 Å². The quantitative estimate of drug-likeness (QED) is 0.524. The van der Waals surface area contributed by atoms with Gasteiger partial charge in [-0.3, -0.25) is 9.78 Å². The number of carbonyl (C=O) groups is 2. The molecule has 0 saturated heterocycles. The van der Waals surface area contributed by atoms with Crippen LogP contribution in [-0.2, 0) is 4.79 Å². The van der Waals surface area contributed by atoms with Crippen molar-refractivity contribution in [3.05, 3.63) is 30.1 Å². The summed E-state index contributed by atoms with van der Waals surface area (Å²) in [5.74, 6) is -2.01. The minimum Gasteiger partial charge on any atom is -0.480 e. The van der Waals surface area contributed by atoms with E-state index in [1.165, 1.54) is 18.5 Å². The molecule has 0 radical (unpaired) electrons. The Hall–Kier alpha value is -1.75. The van der Waals surface area contributed by atoms with E-state index in [4.69, 9.17) is 10.8 Å². The summed E-state index contributed by atoms with van der Waals surface area (Å²) in [6.07, 6.45) is 2.78. The summed E-state index contributed by atoms with van der Waals surface area (Å²) in [6.45, 7) is 1.16. The fraction of sp³-hybridized carbons (Fsp3) is 0.222. The number of carbonyl (C=O) groups excluding carboxylic acids is 1. The number of nitrogens with zero attached hydrogens (tertiary/aromatic N) is 1. The molecule has 14 heavy (non-hydrogen) atoms. The molecule has 0 saturated carbocycles. The number of carboxylic acids is 1. The lowest BCUT2D eigenvalue weighted by atomic mass is 9.93. The highest BCUT2D eigenvalue weighted by atomic mass is 16.4. The molecule has 0 amide bonds. The van der Waals surface area contributed by atoms with Crippen LogP contribution in [0.1, 0.15) is 17.3 Å². The van der Waals surface area contributed by atoms with Crippen molar-refractivity contribution < 1.29 is 14.7 Å². The van der Waals surface area contributed by atoms with E-state index in [9.17, 15) is 9.59 Å². The van der Waals surface area contributed by atoms with Crippen LogP contribution >= 0.6 is 0 Å². The van der Waals surface area contributed by atoms with E-state index >= 15 is 0 Å². The second kappa shape index (κ2) is 3.55. The highest BCUT2D eigenvalue weighted by Crippen LogP contribution is 2.09. The minimum atomic E-state index is -1.90. The molecule has 1 heterocycles. The Bertz CT molecular complexity index is 360. The van der Waals surface area contributed by atoms with Gasteiger partial charge in [-0.05, 0) is 19.1 Å². The molecule has 0 aliphatic heterocycles. The van der Waals surface area contributed by atoms with Crippen LogP contribution in [0.2, 0.25) is 0 Å². The largest absolute Gasteiger partial charge is 0.480 e. The van der Waals surface area contributed by atoms with Gasteiger partial charge in [0.2, 0.25) is 0 Å². The second-order valence-electron chi connectivity index (χ2n) is 3.08. The molecule has 1 rings (SSSR count). The average Bonchev–Trinajstić information content (AvgIpc) is 2.17. The highest BCUT2D eigenvalue weighted by molar-refractivity contribution is 6.15. The topological polar surface area (TPSA) is 93.3 Å². The van der Waals surface area contributed by atoms with E-state index in [1.807, 2.05) is 0 Å². The van der Waals surface area contributed by atoms with Crippen molar-refractivity contribution in [3.63, 3.8) is 0 Å². The Morgan fingerprint density at radius 1 is 1.57 bits per heavy atom. The maximum atomic E-state index is 11.6. The molecule has 1 atom stereocenters. The number of aromatic nitrogens is 1. The monoisotopic (exact) mass is 194 g/mol. The third-order valence-electron chi connectivity index (χ3n) is 1.84. The van der Waals surface area contributed by atoms with Gasteiger partial charge in [0.1, 0.15) is 0 Å². The number of aliphatic carboxylic acids is 1. The van der Waals surface area contributed by atoms with Crippen LogP contribution in [0, 0.1) is 0 Å². The van der Waals surface area contributed by atoms with Gasteiger partial charge < -0.3 is 10.8 Å². The number of Topliss-reactive ketones (excluding diaryl/α,β-unsaturated/α-hetero) is 1. The molecule has 0 fully saturated rings. The van der Waals surface area contributed by atoms with E-state index < -0.39 is 17.3 Å². The van der Waals surface area contributed by atoms with Gasteiger partial charge in [0.05, 0.1) is 0 Å². The Morgan fingerprint density at radius 2 is 2.21 bits per heavy atom. The number of hydrogen-bond donors (Lipinski definition) is 2. The fourth-order valence-electron chi connectivity index (χ4n) is 0.894. The molecule has 0 aliphatic rings. The number of rotatable bonds is 3. The summed E-state index contributed by atoms with van der Waals surface area (Å²) in [5, 5.41) is 8.71. The third kappa shape index (κ3) is 1.77. The van der Waals surface area contributed by atoms with E-state index in [1.54, 1.807) is 6.07 Å². The number of ketones is 1. The van der Waals surface area contributed by atoms with Crippen LogP contribution in [0.4, 0.5) is 0 Å². The van der Waals surface area contributed by atoms with Gasteiger partial charge in [0.25, 0.3) is 0 Å². The molecule has 0 bridgehead atoms. The van der Waals surface area contributed by atoms with Crippen molar-refractivity contribution in [3.8, 4) is 0 Å². The van der Waals surface area contributed by atoms with E-state index in [0.717, 1.165) is 6.92 Å². The zero-order valence-corrected chi connectivity index (χ0v) is 7.60. The molecule has 3 N–H and O–H groups in total. The van der Waals surface area contributed by atoms with Crippen LogP contribution in [0.25, 0.3) is 0 Å². The van der Waals surface area contributed by atoms with Crippen molar-refractivity contribution in [2.75, 3.05) is 0 Å². The van der Waals surface area contributed by atoms with Gasteiger partial charge >= 0.3 is 5.97 Å². The maximum absolute atomic E-state index is 11.6.